The van der Waals surface area contributed by atoms with Crippen LogP contribution in [0.25, 0.3) is 11.3 Å². The molecule has 2 heterocycles. The number of aryl methyl sites for hydroxylation is 1. The van der Waals surface area contributed by atoms with Crippen LogP contribution in [0, 0.1) is 6.92 Å². The minimum absolute atomic E-state index is 1.02. The molecule has 1 aliphatic heterocycles. The van der Waals surface area contributed by atoms with Crippen molar-refractivity contribution < 1.29 is 4.57 Å². The Hall–Kier alpha value is -1.63. The van der Waals surface area contributed by atoms with Gasteiger partial charge in [0.25, 0.3) is 0 Å². The van der Waals surface area contributed by atoms with Crippen LogP contribution in [0.2, 0.25) is 0 Å². The van der Waals surface area contributed by atoms with E-state index < -0.39 is 0 Å². The summed E-state index contributed by atoms with van der Waals surface area (Å²) in [6.07, 6.45) is 2.14. The summed E-state index contributed by atoms with van der Waals surface area (Å²) in [4.78, 5) is 0. The lowest BCUT2D eigenvalue weighted by molar-refractivity contribution is -0.672. The molecule has 1 aromatic carbocycles. The van der Waals surface area contributed by atoms with E-state index >= 15 is 0 Å². The van der Waals surface area contributed by atoms with Crippen molar-refractivity contribution >= 4 is 0 Å². The van der Waals surface area contributed by atoms with E-state index in [2.05, 4.69) is 54.1 Å². The molecule has 1 heteroatoms. The summed E-state index contributed by atoms with van der Waals surface area (Å²) < 4.78 is 2.30. The highest BCUT2D eigenvalue weighted by atomic mass is 15.0. The summed E-state index contributed by atoms with van der Waals surface area (Å²) in [7, 11) is 0. The second kappa shape index (κ2) is 2.68. The molecule has 0 bridgehead atoms. The Morgan fingerprint density at radius 3 is 3.00 bits per heavy atom. The summed E-state index contributed by atoms with van der Waals surface area (Å²) in [5.74, 6) is 0. The number of hydrogen-bond acceptors (Lipinski definition) is 0. The van der Waals surface area contributed by atoms with Crippen LogP contribution >= 0.6 is 0 Å². The van der Waals surface area contributed by atoms with Crippen molar-refractivity contribution in [2.45, 2.75) is 13.5 Å². The van der Waals surface area contributed by atoms with Gasteiger partial charge in [-0.05, 0) is 19.1 Å². The predicted molar refractivity (Wildman–Crippen MR) is 55.9 cm³/mol. The zero-order valence-corrected chi connectivity index (χ0v) is 8.20. The largest absolute Gasteiger partial charge is 0.213 e. The van der Waals surface area contributed by atoms with Crippen LogP contribution in [0.15, 0.2) is 42.6 Å². The first kappa shape index (κ1) is 7.74. The molecule has 0 radical (unpaired) electrons. The van der Waals surface area contributed by atoms with Gasteiger partial charge in [0.2, 0.25) is 5.69 Å². The number of rotatable bonds is 0. The van der Waals surface area contributed by atoms with Gasteiger partial charge in [-0.2, -0.15) is 4.57 Å². The van der Waals surface area contributed by atoms with Gasteiger partial charge >= 0.3 is 0 Å². The summed E-state index contributed by atoms with van der Waals surface area (Å²) in [6, 6.07) is 13.1. The van der Waals surface area contributed by atoms with E-state index in [0.29, 0.717) is 0 Å². The number of pyridine rings is 1. The maximum Gasteiger partial charge on any atom is 0.213 e. The predicted octanol–water partition coefficient (Wildman–Crippen LogP) is 2.31. The van der Waals surface area contributed by atoms with Crippen molar-refractivity contribution in [2.24, 2.45) is 0 Å². The van der Waals surface area contributed by atoms with Crippen LogP contribution in [-0.2, 0) is 6.54 Å². The van der Waals surface area contributed by atoms with E-state index in [-0.39, 0.29) is 0 Å². The molecule has 0 spiro atoms. The zero-order valence-electron chi connectivity index (χ0n) is 8.20. The number of aromatic nitrogens is 1. The van der Waals surface area contributed by atoms with E-state index in [1.54, 1.807) is 0 Å². The van der Waals surface area contributed by atoms with Crippen LogP contribution in [-0.4, -0.2) is 0 Å². The topological polar surface area (TPSA) is 3.88 Å². The van der Waals surface area contributed by atoms with E-state index in [1.165, 1.54) is 22.4 Å². The van der Waals surface area contributed by atoms with Gasteiger partial charge in [-0.25, -0.2) is 0 Å². The lowest BCUT2D eigenvalue weighted by atomic mass is 10.0. The van der Waals surface area contributed by atoms with Crippen LogP contribution in [0.1, 0.15) is 11.1 Å². The normalized spacial score (nSPS) is 12.4. The highest BCUT2D eigenvalue weighted by Gasteiger charge is 2.24. The highest BCUT2D eigenvalue weighted by molar-refractivity contribution is 5.63. The molecule has 1 nitrogen and oxygen atoms in total. The van der Waals surface area contributed by atoms with Crippen LogP contribution in [0.3, 0.4) is 0 Å². The Balaban J connectivity index is 2.30. The first-order valence-electron chi connectivity index (χ1n) is 4.93. The lowest BCUT2D eigenvalue weighted by Gasteiger charge is -1.95. The van der Waals surface area contributed by atoms with E-state index in [0.717, 1.165) is 6.54 Å². The molecule has 0 fully saturated rings. The fourth-order valence-electron chi connectivity index (χ4n) is 2.11. The van der Waals surface area contributed by atoms with Crippen molar-refractivity contribution in [3.63, 3.8) is 0 Å². The lowest BCUT2D eigenvalue weighted by Crippen LogP contribution is -2.31. The van der Waals surface area contributed by atoms with E-state index in [9.17, 15) is 0 Å². The molecule has 2 aromatic rings. The van der Waals surface area contributed by atoms with Gasteiger partial charge in [-0.15, -0.1) is 0 Å². The molecule has 14 heavy (non-hydrogen) atoms. The molecule has 0 N–H and O–H groups in total. The average molecular weight is 182 g/mol. The molecule has 1 aromatic heterocycles. The maximum atomic E-state index is 2.30. The molecule has 1 aliphatic rings. The number of benzene rings is 1. The fraction of sp³-hybridized carbons (Fsp3) is 0.154. The smallest absolute Gasteiger partial charge is 0.194 e. The third kappa shape index (κ3) is 0.987. The van der Waals surface area contributed by atoms with Gasteiger partial charge in [-0.1, -0.05) is 17.7 Å². The van der Waals surface area contributed by atoms with Gasteiger partial charge < -0.3 is 0 Å². The summed E-state index contributed by atoms with van der Waals surface area (Å²) >= 11 is 0. The molecule has 3 rings (SSSR count). The summed E-state index contributed by atoms with van der Waals surface area (Å²) in [5, 5.41) is 0. The van der Waals surface area contributed by atoms with Crippen LogP contribution in [0.5, 0.6) is 0 Å². The van der Waals surface area contributed by atoms with Crippen molar-refractivity contribution in [3.8, 4) is 11.3 Å². The first-order chi connectivity index (χ1) is 6.84. The van der Waals surface area contributed by atoms with Gasteiger partial charge in [-0.3, -0.25) is 0 Å². The van der Waals surface area contributed by atoms with Crippen molar-refractivity contribution in [1.82, 2.24) is 0 Å². The minimum Gasteiger partial charge on any atom is -0.194 e. The third-order valence-electron chi connectivity index (χ3n) is 2.82. The zero-order chi connectivity index (χ0) is 9.54. The van der Waals surface area contributed by atoms with Gasteiger partial charge in [0, 0.05) is 17.7 Å². The number of hydrogen-bond donors (Lipinski definition) is 0. The van der Waals surface area contributed by atoms with Crippen molar-refractivity contribution in [2.75, 3.05) is 0 Å². The van der Waals surface area contributed by atoms with Crippen LogP contribution < -0.4 is 4.57 Å². The average Bonchev–Trinajstić information content (AvgIpc) is 2.56. The molecule has 0 amide bonds. The van der Waals surface area contributed by atoms with Crippen LogP contribution in [0.4, 0.5) is 0 Å². The standard InChI is InChI=1S/C13H12N/c1-10-5-6-11-9-14-7-3-2-4-13(14)12(11)8-10/h2-8H,9H2,1H3/q+1. The first-order valence-corrected chi connectivity index (χ1v) is 4.93. The molecule has 0 saturated carbocycles. The quantitative estimate of drug-likeness (QED) is 0.470. The molecular weight excluding hydrogens is 170 g/mol. The number of fused-ring (bicyclic) bond motifs is 3. The molecule has 0 aliphatic carbocycles. The SMILES string of the molecule is Cc1ccc2c(c1)-c1cccc[n+]1C2. The minimum atomic E-state index is 1.02. The molecule has 0 unspecified atom stereocenters. The second-order valence-electron chi connectivity index (χ2n) is 3.87. The summed E-state index contributed by atoms with van der Waals surface area (Å²) in [6.45, 7) is 3.16. The summed E-state index contributed by atoms with van der Waals surface area (Å²) in [5.41, 5.74) is 5.50. The molecule has 0 saturated heterocycles. The highest BCUT2D eigenvalue weighted by Crippen LogP contribution is 2.26. The van der Waals surface area contributed by atoms with Gasteiger partial charge in [0.1, 0.15) is 0 Å². The Morgan fingerprint density at radius 1 is 1.14 bits per heavy atom. The van der Waals surface area contributed by atoms with E-state index in [1.807, 2.05) is 0 Å². The van der Waals surface area contributed by atoms with Gasteiger partial charge in [0.05, 0.1) is 5.56 Å². The Labute approximate surface area is 83.6 Å². The van der Waals surface area contributed by atoms with Gasteiger partial charge in [0.15, 0.2) is 12.7 Å². The second-order valence-corrected chi connectivity index (χ2v) is 3.87. The number of nitrogens with zero attached hydrogens (tertiary/aromatic N) is 1. The van der Waals surface area contributed by atoms with Crippen molar-refractivity contribution in [1.29, 1.82) is 0 Å². The monoisotopic (exact) mass is 182 g/mol. The Bertz CT molecular complexity index is 500. The van der Waals surface area contributed by atoms with E-state index in [4.69, 9.17) is 0 Å². The molecular formula is C13H12N+. The third-order valence-corrected chi connectivity index (χ3v) is 2.82. The maximum absolute atomic E-state index is 2.30. The molecule has 68 valence electrons. The van der Waals surface area contributed by atoms with Crippen molar-refractivity contribution in [3.05, 3.63) is 53.7 Å². The Morgan fingerprint density at radius 2 is 2.07 bits per heavy atom. The molecule has 0 atom stereocenters. The fourth-order valence-corrected chi connectivity index (χ4v) is 2.11. The Kier molecular flexibility index (Phi) is 1.48.